The average molecular weight is 1310 g/mol. The molecular weight excluding hydrogens is 1180 g/mol. The molecule has 15 atom stereocenters. The highest BCUT2D eigenvalue weighted by molar-refractivity contribution is 5.69. The molecule has 6 rings (SSSR count). The fourth-order valence-electron chi connectivity index (χ4n) is 17.9. The van der Waals surface area contributed by atoms with Crippen LogP contribution in [0.15, 0.2) is 24.7 Å². The monoisotopic (exact) mass is 1310 g/mol. The second-order valence-electron chi connectivity index (χ2n) is 33.6. The highest BCUT2D eigenvalue weighted by Gasteiger charge is 2.50. The molecule has 2 aliphatic heterocycles. The van der Waals surface area contributed by atoms with E-state index in [4.69, 9.17) is 49.4 Å². The molecule has 92 heavy (non-hydrogen) atoms. The second-order valence-corrected chi connectivity index (χ2v) is 33.6. The summed E-state index contributed by atoms with van der Waals surface area (Å²) in [5.41, 5.74) is 8.97. The van der Waals surface area contributed by atoms with Crippen LogP contribution in [0.1, 0.15) is 173 Å². The topological polar surface area (TPSA) is 347 Å². The van der Waals surface area contributed by atoms with Gasteiger partial charge in [-0.1, -0.05) is 96.2 Å². The van der Waals surface area contributed by atoms with Gasteiger partial charge < -0.3 is 102 Å². The zero-order valence-corrected chi connectivity index (χ0v) is 58.0. The van der Waals surface area contributed by atoms with Crippen LogP contribution in [0.25, 0.3) is 0 Å². The number of alkyl carbamates (subject to hydrolysis) is 4. The van der Waals surface area contributed by atoms with Crippen LogP contribution in [0.2, 0.25) is 0 Å². The van der Waals surface area contributed by atoms with Gasteiger partial charge in [-0.25, -0.2) is 19.2 Å². The van der Waals surface area contributed by atoms with Crippen LogP contribution in [-0.2, 0) is 37.9 Å². The fourth-order valence-corrected chi connectivity index (χ4v) is 17.9. The zero-order valence-electron chi connectivity index (χ0n) is 58.0. The van der Waals surface area contributed by atoms with E-state index in [-0.39, 0.29) is 81.4 Å². The van der Waals surface area contributed by atoms with Crippen LogP contribution in [0.4, 0.5) is 19.2 Å². The summed E-state index contributed by atoms with van der Waals surface area (Å²) < 4.78 is 47.3. The SMILES string of the molecule is C=C1COC(CNCC2(C)CC(OC(=O)NCC(CO)CC(CO)C(NC(=O)OC3CC(C)(C)CC(C)(CNCC4OCC(=C)O4)C3)C(CO)(COC(=O)NC3CC(C)(C)CC(C)(CN)C3)CC(CO)COC(=O)NC3CC(C)(C)CC(C)(CN)C3)CC(C)(C)C2)O1. The number of hydrogen-bond acceptors (Lipinski definition) is 20. The van der Waals surface area contributed by atoms with Crippen molar-refractivity contribution in [1.82, 2.24) is 31.9 Å². The molecule has 4 aliphatic carbocycles. The van der Waals surface area contributed by atoms with Gasteiger partial charge in [-0.15, -0.1) is 0 Å². The van der Waals surface area contributed by atoms with Crippen molar-refractivity contribution in [3.63, 3.8) is 0 Å². The summed E-state index contributed by atoms with van der Waals surface area (Å²) in [5, 5.41) is 65.2. The molecule has 15 unspecified atom stereocenters. The Kier molecular flexibility index (Phi) is 26.9. The minimum atomic E-state index is -1.75. The van der Waals surface area contributed by atoms with Gasteiger partial charge in [0.2, 0.25) is 12.6 Å². The molecule has 14 N–H and O–H groups in total. The molecule has 6 aliphatic rings. The molecule has 4 saturated carbocycles. The number of aliphatic hydroxyl groups excluding tert-OH is 4. The molecule has 2 saturated heterocycles. The second kappa shape index (κ2) is 32.2. The standard InChI is InChI=1S/C68H122N8O16/c1-44-31-85-53(89-44)26-71-40-66(13)23-51(21-62(7,8)36-66)91-56(81)73-25-46(28-77)15-48(30-79)55(76-59(84)92-52-22-63(9,10)37-67(14,24-52)41-72-27-54-86-32-45(2)90-54)68(42-80,43-88-58(83)75-50-18-61(5,6)35-65(12,20-50)39-70)16-47(29-78)33-87-57(82)74-49-17-60(3,4)34-64(11,19-49)38-69/h46-55,71-72,77-80H,1-2,15-43,69-70H2,3-14H3,(H,73,81)(H,74,82)(H,75,83)(H,76,84). The molecule has 0 aromatic heterocycles. The molecule has 0 radical (unpaired) electrons. The fraction of sp³-hybridized carbons (Fsp3) is 0.882. The van der Waals surface area contributed by atoms with Crippen molar-refractivity contribution in [1.29, 1.82) is 0 Å². The predicted molar refractivity (Wildman–Crippen MR) is 349 cm³/mol. The quantitative estimate of drug-likeness (QED) is 0.0309. The Morgan fingerprint density at radius 2 is 1.02 bits per heavy atom. The molecule has 24 nitrogen and oxygen atoms in total. The first kappa shape index (κ1) is 76.8. The number of aliphatic hydroxyl groups is 4. The number of nitrogens with one attached hydrogen (secondary N) is 6. The molecule has 0 bridgehead atoms. The molecule has 4 amide bonds. The maximum Gasteiger partial charge on any atom is 0.407 e. The van der Waals surface area contributed by atoms with E-state index in [1.54, 1.807) is 0 Å². The summed E-state index contributed by atoms with van der Waals surface area (Å²) in [5.74, 6) is -1.60. The maximum absolute atomic E-state index is 15.0. The van der Waals surface area contributed by atoms with Gasteiger partial charge in [0, 0.05) is 74.8 Å². The van der Waals surface area contributed by atoms with E-state index in [0.717, 1.165) is 25.7 Å². The van der Waals surface area contributed by atoms with Crippen LogP contribution in [0, 0.1) is 66.5 Å². The lowest BCUT2D eigenvalue weighted by Gasteiger charge is -2.47. The van der Waals surface area contributed by atoms with E-state index in [9.17, 15) is 39.6 Å². The Balaban J connectivity index is 1.27. The van der Waals surface area contributed by atoms with Crippen molar-refractivity contribution in [3.05, 3.63) is 24.7 Å². The lowest BCUT2D eigenvalue weighted by molar-refractivity contribution is -0.0538. The molecule has 6 fully saturated rings. The molecule has 2 heterocycles. The number of nitrogens with two attached hydrogens (primary N) is 2. The highest BCUT2D eigenvalue weighted by atomic mass is 16.7. The van der Waals surface area contributed by atoms with E-state index in [1.807, 2.05) is 0 Å². The van der Waals surface area contributed by atoms with Gasteiger partial charge in [-0.3, -0.25) is 0 Å². The summed E-state index contributed by atoms with van der Waals surface area (Å²) in [6, 6.07) is -1.91. The largest absolute Gasteiger partial charge is 0.466 e. The number of rotatable bonds is 31. The van der Waals surface area contributed by atoms with E-state index < -0.39 is 111 Å². The summed E-state index contributed by atoms with van der Waals surface area (Å²) >= 11 is 0. The van der Waals surface area contributed by atoms with Crippen LogP contribution in [0.3, 0.4) is 0 Å². The first-order valence-electron chi connectivity index (χ1n) is 33.8. The van der Waals surface area contributed by atoms with E-state index in [1.165, 1.54) is 0 Å². The number of carbonyl (C=O) groups is 4. The van der Waals surface area contributed by atoms with Gasteiger partial charge in [0.15, 0.2) is 0 Å². The van der Waals surface area contributed by atoms with Crippen molar-refractivity contribution in [2.24, 2.45) is 78.0 Å². The summed E-state index contributed by atoms with van der Waals surface area (Å²) in [7, 11) is 0. The third kappa shape index (κ3) is 23.5. The number of carbonyl (C=O) groups excluding carboxylic acids is 4. The predicted octanol–water partition coefficient (Wildman–Crippen LogP) is 7.05. The van der Waals surface area contributed by atoms with Crippen LogP contribution in [0.5, 0.6) is 0 Å². The first-order valence-corrected chi connectivity index (χ1v) is 33.8. The maximum atomic E-state index is 15.0. The van der Waals surface area contributed by atoms with Crippen LogP contribution >= 0.6 is 0 Å². The van der Waals surface area contributed by atoms with Gasteiger partial charge in [0.05, 0.1) is 26.3 Å². The van der Waals surface area contributed by atoms with Gasteiger partial charge >= 0.3 is 24.4 Å². The van der Waals surface area contributed by atoms with Crippen molar-refractivity contribution in [3.8, 4) is 0 Å². The van der Waals surface area contributed by atoms with Crippen LogP contribution < -0.4 is 43.4 Å². The van der Waals surface area contributed by atoms with Crippen molar-refractivity contribution >= 4 is 24.4 Å². The molecular formula is C68H122N8O16. The van der Waals surface area contributed by atoms with Crippen LogP contribution in [-0.4, -0.2) is 186 Å². The van der Waals surface area contributed by atoms with Gasteiger partial charge in [0.1, 0.15) is 43.5 Å². The lowest BCUT2D eigenvalue weighted by atomic mass is 9.62. The Hall–Kier alpha value is -4.24. The highest BCUT2D eigenvalue weighted by Crippen LogP contribution is 2.50. The minimum Gasteiger partial charge on any atom is -0.466 e. The van der Waals surface area contributed by atoms with E-state index >= 15 is 0 Å². The van der Waals surface area contributed by atoms with E-state index in [2.05, 4.69) is 128 Å². The Morgan fingerprint density at radius 3 is 1.45 bits per heavy atom. The lowest BCUT2D eigenvalue weighted by Crippen LogP contribution is -2.59. The third-order valence-electron chi connectivity index (χ3n) is 20.3. The molecule has 0 spiro atoms. The minimum absolute atomic E-state index is 0.0624. The summed E-state index contributed by atoms with van der Waals surface area (Å²) in [6.07, 6.45) is 2.81. The Morgan fingerprint density at radius 1 is 0.576 bits per heavy atom. The van der Waals surface area contributed by atoms with Gasteiger partial charge in [0.25, 0.3) is 0 Å². The number of hydrogen-bond donors (Lipinski definition) is 12. The molecule has 0 aromatic rings. The Labute approximate surface area is 548 Å². The summed E-state index contributed by atoms with van der Waals surface area (Å²) in [6.45, 7) is 33.3. The normalized spacial score (nSPS) is 32.7. The van der Waals surface area contributed by atoms with Gasteiger partial charge in [-0.05, 0) is 152 Å². The average Bonchev–Trinajstić information content (AvgIpc) is 0.856. The smallest absolute Gasteiger partial charge is 0.407 e. The number of ether oxygens (including phenoxy) is 8. The molecule has 0 aromatic carbocycles. The van der Waals surface area contributed by atoms with Crippen molar-refractivity contribution < 1.29 is 77.5 Å². The Bertz CT molecular complexity index is 2450. The molecule has 24 heteroatoms. The van der Waals surface area contributed by atoms with Gasteiger partial charge in [-0.2, -0.15) is 0 Å². The summed E-state index contributed by atoms with van der Waals surface area (Å²) in [4.78, 5) is 57.0. The third-order valence-corrected chi connectivity index (χ3v) is 20.3. The number of amides is 4. The van der Waals surface area contributed by atoms with E-state index in [0.29, 0.717) is 115 Å². The zero-order chi connectivity index (χ0) is 68.1. The molecule has 530 valence electrons. The van der Waals surface area contributed by atoms with Crippen molar-refractivity contribution in [2.75, 3.05) is 98.7 Å². The van der Waals surface area contributed by atoms with Crippen molar-refractivity contribution in [2.45, 2.75) is 216 Å². The first-order chi connectivity index (χ1) is 42.9.